The maximum absolute atomic E-state index is 12.1. The van der Waals surface area contributed by atoms with E-state index in [0.29, 0.717) is 16.3 Å². The van der Waals surface area contributed by atoms with Gasteiger partial charge in [-0.3, -0.25) is 4.79 Å². The monoisotopic (exact) mass is 330 g/mol. The van der Waals surface area contributed by atoms with E-state index in [1.165, 1.54) is 12.1 Å². The topological polar surface area (TPSA) is 92.4 Å². The highest BCUT2D eigenvalue weighted by Crippen LogP contribution is 2.21. The molecular formula is C16H11ClN2O4. The molecule has 0 aliphatic rings. The minimum Gasteiger partial charge on any atom is -0.475 e. The standard InChI is InChI=1S/C16H11ClN2O4/c17-11-3-1-2-9-4-6-12(19-14(9)11)15(20)18-8-10-5-7-13(23-10)16(21)22/h1-7H,8H2,(H,18,20)(H,21,22). The molecule has 0 saturated carbocycles. The van der Waals surface area contributed by atoms with Gasteiger partial charge in [0.1, 0.15) is 11.5 Å². The van der Waals surface area contributed by atoms with Gasteiger partial charge in [-0.15, -0.1) is 0 Å². The van der Waals surface area contributed by atoms with Crippen molar-refractivity contribution in [2.24, 2.45) is 0 Å². The van der Waals surface area contributed by atoms with Gasteiger partial charge in [0.25, 0.3) is 5.91 Å². The molecule has 0 atom stereocenters. The molecule has 7 heteroatoms. The molecule has 0 spiro atoms. The molecule has 116 valence electrons. The van der Waals surface area contributed by atoms with E-state index in [-0.39, 0.29) is 18.0 Å². The number of pyridine rings is 1. The van der Waals surface area contributed by atoms with Gasteiger partial charge in [0, 0.05) is 5.39 Å². The molecule has 0 bridgehead atoms. The van der Waals surface area contributed by atoms with Crippen LogP contribution in [0.3, 0.4) is 0 Å². The fraction of sp³-hybridized carbons (Fsp3) is 0.0625. The molecular weight excluding hydrogens is 320 g/mol. The van der Waals surface area contributed by atoms with Crippen LogP contribution in [0.2, 0.25) is 5.02 Å². The zero-order valence-electron chi connectivity index (χ0n) is 11.7. The van der Waals surface area contributed by atoms with E-state index in [1.54, 1.807) is 18.2 Å². The largest absolute Gasteiger partial charge is 0.475 e. The normalized spacial score (nSPS) is 10.7. The maximum Gasteiger partial charge on any atom is 0.371 e. The molecule has 0 fully saturated rings. The molecule has 2 heterocycles. The minimum absolute atomic E-state index is 0.0638. The molecule has 0 unspecified atom stereocenters. The van der Waals surface area contributed by atoms with Crippen molar-refractivity contribution < 1.29 is 19.1 Å². The first-order chi connectivity index (χ1) is 11.0. The number of aromatic nitrogens is 1. The molecule has 0 aliphatic heterocycles. The van der Waals surface area contributed by atoms with Crippen molar-refractivity contribution >= 4 is 34.4 Å². The lowest BCUT2D eigenvalue weighted by molar-refractivity contribution is 0.0660. The van der Waals surface area contributed by atoms with E-state index >= 15 is 0 Å². The van der Waals surface area contributed by atoms with Gasteiger partial charge in [-0.05, 0) is 24.3 Å². The first kappa shape index (κ1) is 15.1. The van der Waals surface area contributed by atoms with E-state index in [2.05, 4.69) is 10.3 Å². The average molecular weight is 331 g/mol. The summed E-state index contributed by atoms with van der Waals surface area (Å²) in [5.74, 6) is -1.40. The van der Waals surface area contributed by atoms with Gasteiger partial charge in [-0.25, -0.2) is 9.78 Å². The van der Waals surface area contributed by atoms with Crippen LogP contribution in [0.5, 0.6) is 0 Å². The zero-order chi connectivity index (χ0) is 16.4. The van der Waals surface area contributed by atoms with Crippen LogP contribution in [-0.4, -0.2) is 22.0 Å². The summed E-state index contributed by atoms with van der Waals surface area (Å²) in [6.07, 6.45) is 0. The number of carboxylic acids is 1. The lowest BCUT2D eigenvalue weighted by atomic mass is 10.2. The number of carboxylic acid groups (broad SMARTS) is 1. The Labute approximate surface area is 135 Å². The number of carbonyl (C=O) groups excluding carboxylic acids is 1. The molecule has 6 nitrogen and oxygen atoms in total. The maximum atomic E-state index is 12.1. The molecule has 0 saturated heterocycles. The Kier molecular flexibility index (Phi) is 3.99. The first-order valence-corrected chi connectivity index (χ1v) is 7.08. The Morgan fingerprint density at radius 2 is 2.00 bits per heavy atom. The van der Waals surface area contributed by atoms with E-state index in [1.807, 2.05) is 12.1 Å². The smallest absolute Gasteiger partial charge is 0.371 e. The number of nitrogens with one attached hydrogen (secondary N) is 1. The second kappa shape index (κ2) is 6.10. The first-order valence-electron chi connectivity index (χ1n) is 6.70. The van der Waals surface area contributed by atoms with Crippen molar-refractivity contribution in [2.45, 2.75) is 6.54 Å². The molecule has 3 aromatic rings. The number of furan rings is 1. The van der Waals surface area contributed by atoms with E-state index in [0.717, 1.165) is 5.39 Å². The van der Waals surface area contributed by atoms with Crippen molar-refractivity contribution in [3.05, 3.63) is 64.7 Å². The fourth-order valence-corrected chi connectivity index (χ4v) is 2.31. The van der Waals surface area contributed by atoms with Gasteiger partial charge in [0.2, 0.25) is 5.76 Å². The highest BCUT2D eigenvalue weighted by molar-refractivity contribution is 6.35. The van der Waals surface area contributed by atoms with Gasteiger partial charge in [0.15, 0.2) is 0 Å². The fourth-order valence-electron chi connectivity index (χ4n) is 2.08. The predicted octanol–water partition coefficient (Wildman–Crippen LogP) is 3.11. The minimum atomic E-state index is -1.16. The number of amides is 1. The Bertz CT molecular complexity index is 904. The number of halogens is 1. The van der Waals surface area contributed by atoms with E-state index in [4.69, 9.17) is 21.1 Å². The number of aromatic carboxylic acids is 1. The van der Waals surface area contributed by atoms with Crippen molar-refractivity contribution in [3.8, 4) is 0 Å². The molecule has 0 radical (unpaired) electrons. The SMILES string of the molecule is O=C(NCc1ccc(C(=O)O)o1)c1ccc2cccc(Cl)c2n1. The molecule has 3 rings (SSSR count). The number of nitrogens with zero attached hydrogens (tertiary/aromatic N) is 1. The van der Waals surface area contributed by atoms with Crippen LogP contribution in [0.15, 0.2) is 46.9 Å². The molecule has 2 aromatic heterocycles. The zero-order valence-corrected chi connectivity index (χ0v) is 12.5. The van der Waals surface area contributed by atoms with Gasteiger partial charge in [-0.1, -0.05) is 29.8 Å². The second-order valence-electron chi connectivity index (χ2n) is 4.76. The summed E-state index contributed by atoms with van der Waals surface area (Å²) in [6, 6.07) is 11.5. The van der Waals surface area contributed by atoms with Gasteiger partial charge in [-0.2, -0.15) is 0 Å². The van der Waals surface area contributed by atoms with Gasteiger partial charge in [0.05, 0.1) is 17.1 Å². The average Bonchev–Trinajstić information content (AvgIpc) is 3.02. The van der Waals surface area contributed by atoms with Crippen LogP contribution in [0.1, 0.15) is 26.8 Å². The van der Waals surface area contributed by atoms with Crippen molar-refractivity contribution in [3.63, 3.8) is 0 Å². The van der Waals surface area contributed by atoms with Crippen molar-refractivity contribution in [1.82, 2.24) is 10.3 Å². The van der Waals surface area contributed by atoms with Crippen LogP contribution in [0, 0.1) is 0 Å². The summed E-state index contributed by atoms with van der Waals surface area (Å²) in [6.45, 7) is 0.0638. The van der Waals surface area contributed by atoms with Gasteiger partial charge >= 0.3 is 5.97 Å². The third-order valence-electron chi connectivity index (χ3n) is 3.20. The van der Waals surface area contributed by atoms with Crippen molar-refractivity contribution in [2.75, 3.05) is 0 Å². The van der Waals surface area contributed by atoms with E-state index < -0.39 is 11.9 Å². The number of para-hydroxylation sites is 1. The predicted molar refractivity (Wildman–Crippen MR) is 83.6 cm³/mol. The lowest BCUT2D eigenvalue weighted by Gasteiger charge is -2.05. The highest BCUT2D eigenvalue weighted by atomic mass is 35.5. The summed E-state index contributed by atoms with van der Waals surface area (Å²) in [4.78, 5) is 27.1. The number of rotatable bonds is 4. The van der Waals surface area contributed by atoms with Crippen LogP contribution >= 0.6 is 11.6 Å². The summed E-state index contributed by atoms with van der Waals surface area (Å²) < 4.78 is 5.06. The molecule has 1 aromatic carbocycles. The summed E-state index contributed by atoms with van der Waals surface area (Å²) in [5, 5.41) is 12.7. The van der Waals surface area contributed by atoms with E-state index in [9.17, 15) is 9.59 Å². The second-order valence-corrected chi connectivity index (χ2v) is 5.17. The summed E-state index contributed by atoms with van der Waals surface area (Å²) >= 11 is 6.07. The molecule has 0 aliphatic carbocycles. The molecule has 23 heavy (non-hydrogen) atoms. The molecule has 1 amide bonds. The third kappa shape index (κ3) is 3.17. The summed E-state index contributed by atoms with van der Waals surface area (Å²) in [5.41, 5.74) is 0.767. The Morgan fingerprint density at radius 3 is 2.74 bits per heavy atom. The lowest BCUT2D eigenvalue weighted by Crippen LogP contribution is -2.23. The Hall–Kier alpha value is -2.86. The Balaban J connectivity index is 1.75. The third-order valence-corrected chi connectivity index (χ3v) is 3.50. The van der Waals surface area contributed by atoms with Crippen LogP contribution in [-0.2, 0) is 6.54 Å². The van der Waals surface area contributed by atoms with Crippen LogP contribution in [0.4, 0.5) is 0 Å². The van der Waals surface area contributed by atoms with Gasteiger partial charge < -0.3 is 14.8 Å². The Morgan fingerprint density at radius 1 is 1.17 bits per heavy atom. The number of hydrogen-bond donors (Lipinski definition) is 2. The van der Waals surface area contributed by atoms with Crippen LogP contribution < -0.4 is 5.32 Å². The molecule has 2 N–H and O–H groups in total. The highest BCUT2D eigenvalue weighted by Gasteiger charge is 2.12. The quantitative estimate of drug-likeness (QED) is 0.766. The van der Waals surface area contributed by atoms with Crippen molar-refractivity contribution in [1.29, 1.82) is 0 Å². The number of benzene rings is 1. The van der Waals surface area contributed by atoms with Crippen LogP contribution in [0.25, 0.3) is 10.9 Å². The summed E-state index contributed by atoms with van der Waals surface area (Å²) in [7, 11) is 0. The number of hydrogen-bond acceptors (Lipinski definition) is 4. The number of carbonyl (C=O) groups is 2. The number of fused-ring (bicyclic) bond motifs is 1.